The normalized spacial score (nSPS) is 24.0. The molecule has 1 unspecified atom stereocenters. The van der Waals surface area contributed by atoms with Gasteiger partial charge in [-0.25, -0.2) is 9.97 Å². The van der Waals surface area contributed by atoms with Gasteiger partial charge < -0.3 is 20.1 Å². The summed E-state index contributed by atoms with van der Waals surface area (Å²) in [7, 11) is 0. The zero-order chi connectivity index (χ0) is 27.4. The molecular formula is C26H22Cl2N4O6. The number of halogens is 2. The van der Waals surface area contributed by atoms with Crippen LogP contribution in [-0.2, 0) is 4.74 Å². The summed E-state index contributed by atoms with van der Waals surface area (Å²) >= 11 is 12.1. The van der Waals surface area contributed by atoms with Gasteiger partial charge in [-0.15, -0.1) is 0 Å². The number of nitrogens with zero attached hydrogens (tertiary/aromatic N) is 4. The van der Waals surface area contributed by atoms with Gasteiger partial charge in [0, 0.05) is 11.1 Å². The average Bonchev–Trinajstić information content (AvgIpc) is 3.43. The Hall–Kier alpha value is -3.25. The van der Waals surface area contributed by atoms with Crippen molar-refractivity contribution < 1.29 is 29.6 Å². The minimum absolute atomic E-state index is 0.0455. The molecule has 4 aromatic rings. The van der Waals surface area contributed by atoms with E-state index in [0.29, 0.717) is 0 Å². The van der Waals surface area contributed by atoms with Gasteiger partial charge in [-0.2, -0.15) is 4.98 Å². The van der Waals surface area contributed by atoms with Crippen molar-refractivity contribution in [2.45, 2.75) is 44.0 Å². The van der Waals surface area contributed by atoms with Crippen LogP contribution in [0.25, 0.3) is 11.2 Å². The van der Waals surface area contributed by atoms with Crippen molar-refractivity contribution in [3.8, 4) is 0 Å². The predicted octanol–water partition coefficient (Wildman–Crippen LogP) is 2.87. The lowest BCUT2D eigenvalue weighted by molar-refractivity contribution is -0.0915. The lowest BCUT2D eigenvalue weighted by atomic mass is 9.80. The standard InChI is InChI=1S/C26H22Cl2N4O6/c1-12-3-7-14(8-4-12)17(33)18(34)21-26(37,19(35)15-9-5-13(2)6-10-15)20(36)24(38-21)32-11-29-16-22(27)30-25(28)31-23(16)32/h3-11,18,20-21,24,34,36-37H,1-2H3/t18?,20-,21+,24+,26-/m0/s1. The fraction of sp³-hybridized carbons (Fsp3) is 0.269. The molecule has 1 aliphatic rings. The third-order valence-electron chi connectivity index (χ3n) is 6.64. The highest BCUT2D eigenvalue weighted by molar-refractivity contribution is 6.35. The molecule has 0 spiro atoms. The molecule has 0 bridgehead atoms. The summed E-state index contributed by atoms with van der Waals surface area (Å²) in [4.78, 5) is 38.9. The van der Waals surface area contributed by atoms with Crippen LogP contribution < -0.4 is 0 Å². The van der Waals surface area contributed by atoms with Gasteiger partial charge in [0.05, 0.1) is 6.33 Å². The van der Waals surface area contributed by atoms with Gasteiger partial charge in [-0.1, -0.05) is 71.3 Å². The van der Waals surface area contributed by atoms with Crippen LogP contribution in [0.15, 0.2) is 54.9 Å². The second-order valence-corrected chi connectivity index (χ2v) is 9.89. The summed E-state index contributed by atoms with van der Waals surface area (Å²) in [5, 5.41) is 34.1. The molecule has 1 aliphatic heterocycles. The highest BCUT2D eigenvalue weighted by atomic mass is 35.5. The number of ketones is 2. The number of fused-ring (bicyclic) bond motifs is 1. The Kier molecular flexibility index (Phi) is 6.80. The first-order valence-electron chi connectivity index (χ1n) is 11.5. The second kappa shape index (κ2) is 9.81. The molecule has 2 aromatic heterocycles. The summed E-state index contributed by atoms with van der Waals surface area (Å²) in [6.45, 7) is 3.66. The van der Waals surface area contributed by atoms with Gasteiger partial charge in [0.25, 0.3) is 0 Å². The highest BCUT2D eigenvalue weighted by Gasteiger charge is 2.64. The smallest absolute Gasteiger partial charge is 0.225 e. The van der Waals surface area contributed by atoms with Crippen molar-refractivity contribution in [1.29, 1.82) is 0 Å². The topological polar surface area (TPSA) is 148 Å². The maximum Gasteiger partial charge on any atom is 0.225 e. The number of imidazole rings is 1. The molecule has 38 heavy (non-hydrogen) atoms. The van der Waals surface area contributed by atoms with E-state index >= 15 is 0 Å². The number of aliphatic hydroxyl groups is 3. The molecule has 3 heterocycles. The van der Waals surface area contributed by atoms with Crippen LogP contribution in [0.3, 0.4) is 0 Å². The largest absolute Gasteiger partial charge is 0.385 e. The number of benzene rings is 2. The Morgan fingerprint density at radius 2 is 1.58 bits per heavy atom. The number of rotatable bonds is 6. The third kappa shape index (κ3) is 4.29. The summed E-state index contributed by atoms with van der Waals surface area (Å²) in [5.41, 5.74) is -0.639. The summed E-state index contributed by atoms with van der Waals surface area (Å²) in [5.74, 6) is -1.75. The number of aryl methyl sites for hydroxylation is 2. The number of hydrogen-bond donors (Lipinski definition) is 3. The second-order valence-electron chi connectivity index (χ2n) is 9.20. The molecule has 196 valence electrons. The van der Waals surface area contributed by atoms with Crippen molar-refractivity contribution >= 4 is 45.9 Å². The van der Waals surface area contributed by atoms with Crippen LogP contribution in [0, 0.1) is 13.8 Å². The highest BCUT2D eigenvalue weighted by Crippen LogP contribution is 2.42. The van der Waals surface area contributed by atoms with E-state index in [9.17, 15) is 24.9 Å². The van der Waals surface area contributed by atoms with Crippen molar-refractivity contribution in [2.24, 2.45) is 0 Å². The maximum absolute atomic E-state index is 13.7. The van der Waals surface area contributed by atoms with E-state index in [1.165, 1.54) is 35.2 Å². The first kappa shape index (κ1) is 26.4. The zero-order valence-corrected chi connectivity index (χ0v) is 21.6. The van der Waals surface area contributed by atoms with Gasteiger partial charge in [0.15, 0.2) is 34.2 Å². The molecule has 5 atom stereocenters. The monoisotopic (exact) mass is 556 g/mol. The SMILES string of the molecule is Cc1ccc(C(=O)C(O)[C@H]2O[C@@H](n3cnc4c(Cl)nc(Cl)nc43)[C@H](O)[C@@]2(O)C(=O)c2ccc(C)cc2)cc1. The van der Waals surface area contributed by atoms with Crippen LogP contribution in [-0.4, -0.2) is 70.3 Å². The fourth-order valence-corrected chi connectivity index (χ4v) is 4.94. The third-order valence-corrected chi connectivity index (χ3v) is 7.07. The van der Waals surface area contributed by atoms with Crippen LogP contribution in [0.1, 0.15) is 38.1 Å². The fourth-order valence-electron chi connectivity index (χ4n) is 4.52. The number of carbonyl (C=O) groups excluding carboxylic acids is 2. The molecule has 12 heteroatoms. The summed E-state index contributed by atoms with van der Waals surface area (Å²) in [6, 6.07) is 12.6. The van der Waals surface area contributed by atoms with E-state index in [-0.39, 0.29) is 32.7 Å². The Balaban J connectivity index is 1.61. The number of aromatic nitrogens is 4. The van der Waals surface area contributed by atoms with E-state index in [1.807, 2.05) is 13.8 Å². The first-order chi connectivity index (χ1) is 18.0. The predicted molar refractivity (Wildman–Crippen MR) is 137 cm³/mol. The van der Waals surface area contributed by atoms with Crippen LogP contribution >= 0.6 is 23.2 Å². The van der Waals surface area contributed by atoms with Crippen molar-refractivity contribution in [3.05, 3.63) is 87.5 Å². The van der Waals surface area contributed by atoms with E-state index in [1.54, 1.807) is 24.3 Å². The van der Waals surface area contributed by atoms with E-state index < -0.39 is 41.7 Å². The van der Waals surface area contributed by atoms with Crippen molar-refractivity contribution in [2.75, 3.05) is 0 Å². The number of aliphatic hydroxyl groups excluding tert-OH is 2. The van der Waals surface area contributed by atoms with Crippen LogP contribution in [0.4, 0.5) is 0 Å². The maximum atomic E-state index is 13.7. The van der Waals surface area contributed by atoms with Gasteiger partial charge in [0.1, 0.15) is 23.8 Å². The molecule has 3 N–H and O–H groups in total. The van der Waals surface area contributed by atoms with Gasteiger partial charge in [0.2, 0.25) is 5.28 Å². The minimum Gasteiger partial charge on any atom is -0.385 e. The number of hydrogen-bond acceptors (Lipinski definition) is 9. The van der Waals surface area contributed by atoms with Gasteiger partial charge in [-0.05, 0) is 25.4 Å². The molecular weight excluding hydrogens is 535 g/mol. The molecule has 2 aromatic carbocycles. The first-order valence-corrected chi connectivity index (χ1v) is 12.3. The Bertz CT molecular complexity index is 1540. The number of carbonyl (C=O) groups is 2. The summed E-state index contributed by atoms with van der Waals surface area (Å²) < 4.78 is 7.11. The molecule has 5 rings (SSSR count). The van der Waals surface area contributed by atoms with Crippen molar-refractivity contribution in [1.82, 2.24) is 19.5 Å². The van der Waals surface area contributed by atoms with Crippen LogP contribution in [0.5, 0.6) is 0 Å². The number of Topliss-reactive ketones (excluding diaryl/α,β-unsaturated/α-hetero) is 2. The molecule has 1 saturated heterocycles. The Labute approximate surface area is 226 Å². The molecule has 0 saturated carbocycles. The van der Waals surface area contributed by atoms with E-state index in [0.717, 1.165) is 11.1 Å². The quantitative estimate of drug-likeness (QED) is 0.185. The Morgan fingerprint density at radius 1 is 1.00 bits per heavy atom. The van der Waals surface area contributed by atoms with E-state index in [2.05, 4.69) is 15.0 Å². The molecule has 1 fully saturated rings. The minimum atomic E-state index is -2.74. The zero-order valence-electron chi connectivity index (χ0n) is 20.1. The van der Waals surface area contributed by atoms with Gasteiger partial charge in [-0.3, -0.25) is 14.2 Å². The lowest BCUT2D eigenvalue weighted by Crippen LogP contribution is -2.59. The van der Waals surface area contributed by atoms with Crippen LogP contribution in [0.2, 0.25) is 10.4 Å². The molecule has 0 amide bonds. The summed E-state index contributed by atoms with van der Waals surface area (Å²) in [6.07, 6.45) is -6.15. The van der Waals surface area contributed by atoms with Crippen molar-refractivity contribution in [3.63, 3.8) is 0 Å². The molecule has 0 radical (unpaired) electrons. The lowest BCUT2D eigenvalue weighted by Gasteiger charge is -2.31. The van der Waals surface area contributed by atoms with Gasteiger partial charge >= 0.3 is 0 Å². The molecule has 0 aliphatic carbocycles. The Morgan fingerprint density at radius 3 is 2.18 bits per heavy atom. The molecule has 10 nitrogen and oxygen atoms in total. The average molecular weight is 557 g/mol. The number of ether oxygens (including phenoxy) is 1. The van der Waals surface area contributed by atoms with E-state index in [4.69, 9.17) is 27.9 Å².